The number of likely N-dealkylation sites (N-methyl/N-ethyl adjacent to an activating group) is 1. The smallest absolute Gasteiger partial charge is 0.332 e. The second kappa shape index (κ2) is 8.27. The summed E-state index contributed by atoms with van der Waals surface area (Å²) in [6.45, 7) is 2.25. The number of carbonyl (C=O) groups is 1. The molecule has 3 rings (SSSR count). The number of Topliss-reactive ketones (excluding diaryl/α,β-unsaturated/α-hetero) is 1. The average molecular weight is 397 g/mol. The summed E-state index contributed by atoms with van der Waals surface area (Å²) in [6.07, 6.45) is 0. The fraction of sp³-hybridized carbons (Fsp3) is 0.300. The highest BCUT2D eigenvalue weighted by Gasteiger charge is 2.23. The molecule has 152 valence electrons. The van der Waals surface area contributed by atoms with Gasteiger partial charge in [-0.2, -0.15) is 0 Å². The number of anilines is 1. The molecule has 2 N–H and O–H groups in total. The van der Waals surface area contributed by atoms with Gasteiger partial charge in [0, 0.05) is 19.7 Å². The van der Waals surface area contributed by atoms with Gasteiger partial charge < -0.3 is 10.3 Å². The lowest BCUT2D eigenvalue weighted by atomic mass is 10.1. The van der Waals surface area contributed by atoms with Crippen LogP contribution in [0.1, 0.15) is 27.4 Å². The Balaban J connectivity index is 1.90. The fourth-order valence-corrected chi connectivity index (χ4v) is 3.11. The Bertz CT molecular complexity index is 1140. The minimum atomic E-state index is -0.701. The molecular weight excluding hydrogens is 374 g/mol. The van der Waals surface area contributed by atoms with Gasteiger partial charge in [-0.15, -0.1) is 0 Å². The number of nitrogens with zero attached hydrogens (tertiary/aromatic N) is 4. The minimum Gasteiger partial charge on any atom is -0.384 e. The number of nitrogen functional groups attached to an aromatic ring is 1. The summed E-state index contributed by atoms with van der Waals surface area (Å²) in [4.78, 5) is 39.7. The van der Waals surface area contributed by atoms with Crippen LogP contribution in [0.15, 0.2) is 50.5 Å². The van der Waals surface area contributed by atoms with Crippen molar-refractivity contribution in [3.63, 3.8) is 0 Å². The summed E-state index contributed by atoms with van der Waals surface area (Å²) < 4.78 is 7.17. The lowest BCUT2D eigenvalue weighted by Gasteiger charge is -2.17. The molecule has 29 heavy (non-hydrogen) atoms. The predicted molar refractivity (Wildman–Crippen MR) is 108 cm³/mol. The number of ketones is 1. The quantitative estimate of drug-likeness (QED) is 0.586. The van der Waals surface area contributed by atoms with Crippen molar-refractivity contribution in [3.8, 4) is 0 Å². The standard InChI is InChI=1S/C20H23N5O4/c1-13-9-15(22-29-13)11-23(2)12-16(26)17-18(21)25(20(28)24(3)19(17)27)10-14-7-5-4-6-8-14/h4-9H,10-12,21H2,1-3H3. The Morgan fingerprint density at radius 1 is 1.24 bits per heavy atom. The lowest BCUT2D eigenvalue weighted by molar-refractivity contribution is 0.0939. The Labute approximate surface area is 167 Å². The first-order valence-corrected chi connectivity index (χ1v) is 9.05. The largest absolute Gasteiger partial charge is 0.384 e. The number of aromatic nitrogens is 3. The van der Waals surface area contributed by atoms with E-state index >= 15 is 0 Å². The van der Waals surface area contributed by atoms with Crippen molar-refractivity contribution < 1.29 is 9.32 Å². The first kappa shape index (κ1) is 20.3. The van der Waals surface area contributed by atoms with E-state index in [1.807, 2.05) is 30.3 Å². The van der Waals surface area contributed by atoms with Gasteiger partial charge in [0.15, 0.2) is 5.78 Å². The molecule has 2 heterocycles. The van der Waals surface area contributed by atoms with Crippen molar-refractivity contribution >= 4 is 11.6 Å². The van der Waals surface area contributed by atoms with E-state index in [9.17, 15) is 14.4 Å². The maximum absolute atomic E-state index is 12.9. The van der Waals surface area contributed by atoms with Crippen LogP contribution in [0, 0.1) is 6.92 Å². The number of hydrogen-bond acceptors (Lipinski definition) is 7. The summed E-state index contributed by atoms with van der Waals surface area (Å²) in [6, 6.07) is 11.0. The summed E-state index contributed by atoms with van der Waals surface area (Å²) in [5.41, 5.74) is 6.16. The molecule has 0 amide bonds. The van der Waals surface area contributed by atoms with E-state index in [-0.39, 0.29) is 24.5 Å². The van der Waals surface area contributed by atoms with E-state index in [0.29, 0.717) is 18.0 Å². The molecule has 0 aliphatic rings. The number of carbonyl (C=O) groups excluding carboxylic acids is 1. The number of hydrogen-bond donors (Lipinski definition) is 1. The predicted octanol–water partition coefficient (Wildman–Crippen LogP) is 0.789. The first-order chi connectivity index (χ1) is 13.8. The van der Waals surface area contributed by atoms with E-state index in [1.165, 1.54) is 11.6 Å². The van der Waals surface area contributed by atoms with Crippen LogP contribution in [0.25, 0.3) is 0 Å². The molecule has 0 bridgehead atoms. The second-order valence-electron chi connectivity index (χ2n) is 7.00. The normalized spacial score (nSPS) is 11.2. The van der Waals surface area contributed by atoms with Crippen LogP contribution in [0.5, 0.6) is 0 Å². The molecule has 0 spiro atoms. The van der Waals surface area contributed by atoms with Crippen LogP contribution in [0.3, 0.4) is 0 Å². The van der Waals surface area contributed by atoms with Crippen molar-refractivity contribution in [2.75, 3.05) is 19.3 Å². The zero-order valence-electron chi connectivity index (χ0n) is 16.6. The maximum atomic E-state index is 12.9. The summed E-state index contributed by atoms with van der Waals surface area (Å²) in [5, 5.41) is 3.89. The van der Waals surface area contributed by atoms with Crippen molar-refractivity contribution in [1.29, 1.82) is 0 Å². The van der Waals surface area contributed by atoms with Crippen LogP contribution < -0.4 is 17.0 Å². The van der Waals surface area contributed by atoms with E-state index in [4.69, 9.17) is 10.3 Å². The molecule has 0 unspecified atom stereocenters. The molecule has 9 nitrogen and oxygen atoms in total. The minimum absolute atomic E-state index is 0.0606. The van der Waals surface area contributed by atoms with Gasteiger partial charge in [-0.05, 0) is 19.5 Å². The highest BCUT2D eigenvalue weighted by atomic mass is 16.5. The molecule has 0 atom stereocenters. The summed E-state index contributed by atoms with van der Waals surface area (Å²) >= 11 is 0. The van der Waals surface area contributed by atoms with Gasteiger partial charge in [-0.3, -0.25) is 23.6 Å². The van der Waals surface area contributed by atoms with E-state index in [0.717, 1.165) is 10.1 Å². The van der Waals surface area contributed by atoms with Crippen molar-refractivity contribution in [3.05, 3.63) is 79.8 Å². The fourth-order valence-electron chi connectivity index (χ4n) is 3.11. The molecule has 0 aliphatic carbocycles. The Morgan fingerprint density at radius 3 is 2.55 bits per heavy atom. The molecule has 0 aliphatic heterocycles. The highest BCUT2D eigenvalue weighted by Crippen LogP contribution is 2.11. The summed E-state index contributed by atoms with van der Waals surface area (Å²) in [7, 11) is 3.06. The third kappa shape index (κ3) is 4.35. The van der Waals surface area contributed by atoms with Crippen LogP contribution in [-0.4, -0.2) is 38.6 Å². The zero-order chi connectivity index (χ0) is 21.1. The Hall–Kier alpha value is -3.46. The second-order valence-corrected chi connectivity index (χ2v) is 7.00. The number of nitrogens with two attached hydrogens (primary N) is 1. The number of rotatable bonds is 7. The molecule has 0 saturated carbocycles. The van der Waals surface area contributed by atoms with Crippen molar-refractivity contribution in [1.82, 2.24) is 19.2 Å². The van der Waals surface area contributed by atoms with Gasteiger partial charge in [0.05, 0.1) is 18.8 Å². The van der Waals surface area contributed by atoms with Crippen LogP contribution in [-0.2, 0) is 20.1 Å². The molecule has 0 saturated heterocycles. The molecular formula is C20H23N5O4. The van der Waals surface area contributed by atoms with Gasteiger partial charge in [0.1, 0.15) is 17.1 Å². The number of aryl methyl sites for hydroxylation is 1. The van der Waals surface area contributed by atoms with Gasteiger partial charge in [-0.25, -0.2) is 4.79 Å². The van der Waals surface area contributed by atoms with Gasteiger partial charge in [0.2, 0.25) is 0 Å². The van der Waals surface area contributed by atoms with Gasteiger partial charge in [-0.1, -0.05) is 35.5 Å². The molecule has 2 aromatic heterocycles. The van der Waals surface area contributed by atoms with Crippen LogP contribution in [0.2, 0.25) is 0 Å². The lowest BCUT2D eigenvalue weighted by Crippen LogP contribution is -2.44. The maximum Gasteiger partial charge on any atom is 0.332 e. The van der Waals surface area contributed by atoms with Crippen LogP contribution >= 0.6 is 0 Å². The average Bonchev–Trinajstić information content (AvgIpc) is 3.09. The zero-order valence-corrected chi connectivity index (χ0v) is 16.6. The van der Waals surface area contributed by atoms with E-state index in [1.54, 1.807) is 24.9 Å². The highest BCUT2D eigenvalue weighted by molar-refractivity contribution is 6.01. The van der Waals surface area contributed by atoms with E-state index in [2.05, 4.69) is 5.16 Å². The molecule has 1 aromatic carbocycles. The topological polar surface area (TPSA) is 116 Å². The van der Waals surface area contributed by atoms with Gasteiger partial charge in [0.25, 0.3) is 5.56 Å². The third-order valence-electron chi connectivity index (χ3n) is 4.57. The molecule has 3 aromatic rings. The van der Waals surface area contributed by atoms with Crippen LogP contribution in [0.4, 0.5) is 5.82 Å². The molecule has 0 fully saturated rings. The SMILES string of the molecule is Cc1cc(CN(C)CC(=O)c2c(N)n(Cc3ccccc3)c(=O)n(C)c2=O)no1. The van der Waals surface area contributed by atoms with Crippen molar-refractivity contribution in [2.24, 2.45) is 7.05 Å². The summed E-state index contributed by atoms with van der Waals surface area (Å²) in [5.74, 6) is 0.0797. The molecule has 9 heteroatoms. The monoisotopic (exact) mass is 397 g/mol. The number of benzene rings is 1. The molecule has 0 radical (unpaired) electrons. The Kier molecular flexibility index (Phi) is 5.79. The van der Waals surface area contributed by atoms with Gasteiger partial charge >= 0.3 is 5.69 Å². The van der Waals surface area contributed by atoms with E-state index < -0.39 is 17.0 Å². The Morgan fingerprint density at radius 2 is 1.93 bits per heavy atom. The third-order valence-corrected chi connectivity index (χ3v) is 4.57. The first-order valence-electron chi connectivity index (χ1n) is 9.05. The van der Waals surface area contributed by atoms with Crippen molar-refractivity contribution in [2.45, 2.75) is 20.0 Å².